The second kappa shape index (κ2) is 6.22. The maximum Gasteiger partial charge on any atom is 0.363 e. The molecule has 1 aromatic carbocycles. The van der Waals surface area contributed by atoms with Gasteiger partial charge in [0, 0.05) is 16.1 Å². The van der Waals surface area contributed by atoms with Crippen molar-refractivity contribution in [3.05, 3.63) is 74.7 Å². The molecule has 0 atom stereocenters. The maximum atomic E-state index is 12.0. The predicted molar refractivity (Wildman–Crippen MR) is 96.8 cm³/mol. The van der Waals surface area contributed by atoms with Crippen LogP contribution in [0.2, 0.25) is 0 Å². The van der Waals surface area contributed by atoms with Crippen molar-refractivity contribution < 1.29 is 13.9 Å². The predicted octanol–water partition coefficient (Wildman–Crippen LogP) is 5.12. The number of benzene rings is 1. The highest BCUT2D eigenvalue weighted by Gasteiger charge is 2.25. The first-order valence-corrected chi connectivity index (χ1v) is 8.79. The van der Waals surface area contributed by atoms with Gasteiger partial charge in [-0.05, 0) is 29.6 Å². The van der Waals surface area contributed by atoms with Crippen LogP contribution in [0.4, 0.5) is 0 Å². The van der Waals surface area contributed by atoms with Gasteiger partial charge in [0.15, 0.2) is 5.70 Å². The minimum absolute atomic E-state index is 0.228. The number of carbonyl (C=O) groups excluding carboxylic acids is 1. The Bertz CT molecular complexity index is 970. The summed E-state index contributed by atoms with van der Waals surface area (Å²) in [6.45, 7) is 0. The first kappa shape index (κ1) is 15.1. The van der Waals surface area contributed by atoms with Crippen LogP contribution < -0.4 is 0 Å². The number of carbonyl (C=O) groups is 1. The number of aliphatic imine (C=N–C) groups is 1. The van der Waals surface area contributed by atoms with Crippen LogP contribution in [-0.2, 0) is 9.53 Å². The van der Waals surface area contributed by atoms with Gasteiger partial charge in [-0.15, -0.1) is 11.3 Å². The van der Waals surface area contributed by atoms with E-state index in [-0.39, 0.29) is 5.70 Å². The number of hydrogen-bond donors (Lipinski definition) is 0. The highest BCUT2D eigenvalue weighted by atomic mass is 79.9. The Hall–Kier alpha value is -2.44. The van der Waals surface area contributed by atoms with Gasteiger partial charge in [-0.2, -0.15) is 0 Å². The zero-order valence-corrected chi connectivity index (χ0v) is 14.6. The molecule has 118 valence electrons. The van der Waals surface area contributed by atoms with Crippen molar-refractivity contribution in [3.8, 4) is 11.3 Å². The monoisotopic (exact) mass is 399 g/mol. The lowest BCUT2D eigenvalue weighted by molar-refractivity contribution is -0.129. The molecule has 6 heteroatoms. The van der Waals surface area contributed by atoms with Crippen LogP contribution in [0.25, 0.3) is 17.4 Å². The van der Waals surface area contributed by atoms with Gasteiger partial charge < -0.3 is 9.15 Å². The Labute approximate surface area is 150 Å². The summed E-state index contributed by atoms with van der Waals surface area (Å²) in [7, 11) is 0. The van der Waals surface area contributed by atoms with E-state index in [0.717, 1.165) is 14.9 Å². The SMILES string of the molecule is O=C1OC(c2cccs2)=N/C1=C\c1ccc(-c2ccccc2Br)o1. The largest absolute Gasteiger partial charge is 0.457 e. The molecule has 1 aliphatic heterocycles. The fraction of sp³-hybridized carbons (Fsp3) is 0. The summed E-state index contributed by atoms with van der Waals surface area (Å²) in [6, 6.07) is 15.2. The number of rotatable bonds is 3. The molecule has 0 spiro atoms. The van der Waals surface area contributed by atoms with E-state index in [1.165, 1.54) is 11.3 Å². The summed E-state index contributed by atoms with van der Waals surface area (Å²) in [5, 5.41) is 1.91. The molecule has 24 heavy (non-hydrogen) atoms. The molecule has 0 saturated carbocycles. The van der Waals surface area contributed by atoms with Crippen LogP contribution in [0.5, 0.6) is 0 Å². The highest BCUT2D eigenvalue weighted by molar-refractivity contribution is 9.10. The number of nitrogens with zero attached hydrogens (tertiary/aromatic N) is 1. The third-order valence-corrected chi connectivity index (χ3v) is 4.95. The van der Waals surface area contributed by atoms with E-state index in [4.69, 9.17) is 9.15 Å². The van der Waals surface area contributed by atoms with E-state index in [2.05, 4.69) is 20.9 Å². The second-order valence-electron chi connectivity index (χ2n) is 5.00. The lowest BCUT2D eigenvalue weighted by atomic mass is 10.2. The van der Waals surface area contributed by atoms with Crippen molar-refractivity contribution in [3.63, 3.8) is 0 Å². The number of hydrogen-bond acceptors (Lipinski definition) is 5. The summed E-state index contributed by atoms with van der Waals surface area (Å²) in [5.41, 5.74) is 1.17. The first-order valence-electron chi connectivity index (χ1n) is 7.12. The van der Waals surface area contributed by atoms with Gasteiger partial charge in [-0.25, -0.2) is 9.79 Å². The Morgan fingerprint density at radius 1 is 1.08 bits per heavy atom. The summed E-state index contributed by atoms with van der Waals surface area (Å²) in [6.07, 6.45) is 1.59. The van der Waals surface area contributed by atoms with Crippen LogP contribution in [0.15, 0.2) is 73.5 Å². The van der Waals surface area contributed by atoms with E-state index < -0.39 is 5.97 Å². The minimum atomic E-state index is -0.475. The molecule has 4 rings (SSSR count). The third-order valence-electron chi connectivity index (χ3n) is 3.40. The Morgan fingerprint density at radius 3 is 2.75 bits per heavy atom. The second-order valence-corrected chi connectivity index (χ2v) is 6.80. The number of halogens is 1. The molecule has 3 heterocycles. The van der Waals surface area contributed by atoms with Crippen molar-refractivity contribution in [2.75, 3.05) is 0 Å². The number of esters is 1. The van der Waals surface area contributed by atoms with Gasteiger partial charge in [-0.1, -0.05) is 40.2 Å². The number of ether oxygens (including phenoxy) is 1. The standard InChI is InChI=1S/C18H10BrNO3S/c19-13-5-2-1-4-12(13)15-8-7-11(22-15)10-14-18(21)23-17(20-14)16-6-3-9-24-16/h1-10H/b14-10-. The summed E-state index contributed by atoms with van der Waals surface area (Å²) >= 11 is 4.97. The Balaban J connectivity index is 1.65. The van der Waals surface area contributed by atoms with Gasteiger partial charge in [-0.3, -0.25) is 0 Å². The van der Waals surface area contributed by atoms with E-state index in [9.17, 15) is 4.79 Å². The van der Waals surface area contributed by atoms with E-state index in [1.54, 1.807) is 12.1 Å². The average molecular weight is 400 g/mol. The average Bonchev–Trinajstić information content (AvgIpc) is 3.30. The highest BCUT2D eigenvalue weighted by Crippen LogP contribution is 2.30. The van der Waals surface area contributed by atoms with Gasteiger partial charge in [0.1, 0.15) is 11.5 Å². The number of furan rings is 1. The lowest BCUT2D eigenvalue weighted by Gasteiger charge is -1.99. The molecule has 3 aromatic rings. The van der Waals surface area contributed by atoms with E-state index in [1.807, 2.05) is 47.8 Å². The normalized spacial score (nSPS) is 15.6. The first-order chi connectivity index (χ1) is 11.7. The van der Waals surface area contributed by atoms with Crippen molar-refractivity contribution in [2.24, 2.45) is 4.99 Å². The molecule has 0 unspecified atom stereocenters. The zero-order chi connectivity index (χ0) is 16.5. The Morgan fingerprint density at radius 2 is 1.96 bits per heavy atom. The van der Waals surface area contributed by atoms with Crippen molar-refractivity contribution in [1.82, 2.24) is 0 Å². The fourth-order valence-corrected chi connectivity index (χ4v) is 3.41. The molecule has 0 amide bonds. The summed E-state index contributed by atoms with van der Waals surface area (Å²) in [5.74, 6) is 1.11. The topological polar surface area (TPSA) is 51.8 Å². The molecule has 1 aliphatic rings. The Kier molecular flexibility index (Phi) is 3.92. The van der Waals surface area contributed by atoms with E-state index >= 15 is 0 Å². The van der Waals surface area contributed by atoms with E-state index in [0.29, 0.717) is 17.4 Å². The quantitative estimate of drug-likeness (QED) is 0.453. The maximum absolute atomic E-state index is 12.0. The van der Waals surface area contributed by atoms with Gasteiger partial charge >= 0.3 is 5.97 Å². The van der Waals surface area contributed by atoms with Crippen LogP contribution in [0.1, 0.15) is 10.6 Å². The fourth-order valence-electron chi connectivity index (χ4n) is 2.29. The van der Waals surface area contributed by atoms with Crippen molar-refractivity contribution in [1.29, 1.82) is 0 Å². The molecule has 0 saturated heterocycles. The summed E-state index contributed by atoms with van der Waals surface area (Å²) < 4.78 is 12.0. The molecular weight excluding hydrogens is 390 g/mol. The van der Waals surface area contributed by atoms with Crippen molar-refractivity contribution in [2.45, 2.75) is 0 Å². The van der Waals surface area contributed by atoms with Gasteiger partial charge in [0.2, 0.25) is 5.90 Å². The van der Waals surface area contributed by atoms with Crippen LogP contribution in [0, 0.1) is 0 Å². The van der Waals surface area contributed by atoms with Gasteiger partial charge in [0.05, 0.1) is 4.88 Å². The van der Waals surface area contributed by atoms with Crippen LogP contribution in [0.3, 0.4) is 0 Å². The lowest BCUT2D eigenvalue weighted by Crippen LogP contribution is -2.03. The molecule has 4 nitrogen and oxygen atoms in total. The molecule has 0 aliphatic carbocycles. The molecule has 2 aromatic heterocycles. The minimum Gasteiger partial charge on any atom is -0.457 e. The molecule has 0 fully saturated rings. The number of cyclic esters (lactones) is 1. The third kappa shape index (κ3) is 2.86. The smallest absolute Gasteiger partial charge is 0.363 e. The molecular formula is C18H10BrNO3S. The van der Waals surface area contributed by atoms with Crippen molar-refractivity contribution >= 4 is 45.2 Å². The molecule has 0 bridgehead atoms. The number of thiophene rings is 1. The van der Waals surface area contributed by atoms with Crippen LogP contribution >= 0.6 is 27.3 Å². The van der Waals surface area contributed by atoms with Gasteiger partial charge in [0.25, 0.3) is 0 Å². The zero-order valence-electron chi connectivity index (χ0n) is 12.2. The molecule has 0 N–H and O–H groups in total. The molecule has 0 radical (unpaired) electrons. The summed E-state index contributed by atoms with van der Waals surface area (Å²) in [4.78, 5) is 17.0. The van der Waals surface area contributed by atoms with Crippen LogP contribution in [-0.4, -0.2) is 11.9 Å².